The van der Waals surface area contributed by atoms with Gasteiger partial charge in [-0.05, 0) is 22.5 Å². The average Bonchev–Trinajstić information content (AvgIpc) is 2.46. The summed E-state index contributed by atoms with van der Waals surface area (Å²) in [6.45, 7) is 10.5. The summed E-state index contributed by atoms with van der Waals surface area (Å²) < 4.78 is 0. The summed E-state index contributed by atoms with van der Waals surface area (Å²) in [6.07, 6.45) is 1.70. The molecule has 2 rings (SSSR count). The maximum Gasteiger partial charge on any atom is 0.252 e. The van der Waals surface area contributed by atoms with Crippen LogP contribution in [0.3, 0.4) is 0 Å². The van der Waals surface area contributed by atoms with Crippen molar-refractivity contribution in [2.24, 2.45) is 5.10 Å². The molecule has 0 aliphatic carbocycles. The third kappa shape index (κ3) is 4.77. The fourth-order valence-electron chi connectivity index (χ4n) is 2.06. The Bertz CT molecular complexity index is 737. The predicted molar refractivity (Wildman–Crippen MR) is 95.3 cm³/mol. The Kier molecular flexibility index (Phi) is 4.98. The van der Waals surface area contributed by atoms with E-state index in [-0.39, 0.29) is 16.9 Å². The number of H-pyrrole nitrogens is 1. The number of benzene rings is 1. The van der Waals surface area contributed by atoms with E-state index in [9.17, 15) is 4.79 Å². The quantitative estimate of drug-likeness (QED) is 0.669. The van der Waals surface area contributed by atoms with Gasteiger partial charge in [0.05, 0.1) is 11.9 Å². The number of hydrogen-bond donors (Lipinski definition) is 2. The second kappa shape index (κ2) is 6.77. The van der Waals surface area contributed by atoms with Gasteiger partial charge >= 0.3 is 0 Å². The Morgan fingerprint density at radius 2 is 1.87 bits per heavy atom. The van der Waals surface area contributed by atoms with Crippen LogP contribution in [0.15, 0.2) is 40.2 Å². The van der Waals surface area contributed by atoms with E-state index >= 15 is 0 Å². The van der Waals surface area contributed by atoms with Crippen molar-refractivity contribution >= 4 is 12.2 Å². The molecule has 0 radical (unpaired) electrons. The van der Waals surface area contributed by atoms with E-state index in [1.54, 1.807) is 6.21 Å². The maximum atomic E-state index is 11.6. The van der Waals surface area contributed by atoms with E-state index in [1.807, 2.05) is 26.0 Å². The molecule has 0 amide bonds. The van der Waals surface area contributed by atoms with Crippen LogP contribution < -0.4 is 11.0 Å². The molecule has 0 saturated carbocycles. The van der Waals surface area contributed by atoms with Gasteiger partial charge in [0.25, 0.3) is 5.56 Å². The highest BCUT2D eigenvalue weighted by Gasteiger charge is 2.12. The fourth-order valence-corrected chi connectivity index (χ4v) is 2.06. The third-order valence-corrected chi connectivity index (χ3v) is 3.51. The van der Waals surface area contributed by atoms with Crippen molar-refractivity contribution in [3.05, 3.63) is 57.5 Å². The first-order chi connectivity index (χ1) is 10.8. The summed E-state index contributed by atoms with van der Waals surface area (Å²) in [4.78, 5) is 18.5. The first-order valence-electron chi connectivity index (χ1n) is 7.76. The third-order valence-electron chi connectivity index (χ3n) is 3.51. The number of hydrazone groups is 1. The molecular weight excluding hydrogens is 288 g/mol. The summed E-state index contributed by atoms with van der Waals surface area (Å²) in [7, 11) is 0. The van der Waals surface area contributed by atoms with Gasteiger partial charge in [0.15, 0.2) is 0 Å². The Balaban J connectivity index is 2.09. The predicted octanol–water partition coefficient (Wildman–Crippen LogP) is 3.64. The maximum absolute atomic E-state index is 11.6. The molecule has 2 aromatic rings. The number of nitrogens with zero attached hydrogens (tertiary/aromatic N) is 2. The summed E-state index contributed by atoms with van der Waals surface area (Å²) >= 11 is 0. The van der Waals surface area contributed by atoms with Gasteiger partial charge in [-0.25, -0.2) is 10.4 Å². The molecule has 0 atom stereocenters. The van der Waals surface area contributed by atoms with Crippen LogP contribution in [0.5, 0.6) is 0 Å². The van der Waals surface area contributed by atoms with Crippen LogP contribution in [0.1, 0.15) is 57.4 Å². The summed E-state index contributed by atoms with van der Waals surface area (Å²) in [5.41, 5.74) is 5.72. The lowest BCUT2D eigenvalue weighted by Crippen LogP contribution is -2.12. The SMILES string of the molecule is CC(C)c1cc(=O)[nH]c(N/N=C\c2ccc(C(C)(C)C)cc2)n1. The van der Waals surface area contributed by atoms with Crippen molar-refractivity contribution in [2.45, 2.75) is 46.0 Å². The Morgan fingerprint density at radius 3 is 2.43 bits per heavy atom. The molecule has 0 aliphatic heterocycles. The van der Waals surface area contributed by atoms with Crippen molar-refractivity contribution in [3.8, 4) is 0 Å². The lowest BCUT2D eigenvalue weighted by atomic mass is 9.87. The summed E-state index contributed by atoms with van der Waals surface area (Å²) in [5, 5.41) is 4.14. The Labute approximate surface area is 136 Å². The lowest BCUT2D eigenvalue weighted by Gasteiger charge is -2.18. The van der Waals surface area contributed by atoms with Gasteiger partial charge in [-0.15, -0.1) is 0 Å². The average molecular weight is 312 g/mol. The van der Waals surface area contributed by atoms with Gasteiger partial charge in [0.2, 0.25) is 5.95 Å². The molecule has 0 aliphatic rings. The second-order valence-electron chi connectivity index (χ2n) is 6.92. The van der Waals surface area contributed by atoms with Crippen LogP contribution in [0.4, 0.5) is 5.95 Å². The van der Waals surface area contributed by atoms with Crippen LogP contribution >= 0.6 is 0 Å². The molecule has 5 nitrogen and oxygen atoms in total. The first-order valence-corrected chi connectivity index (χ1v) is 7.76. The minimum absolute atomic E-state index is 0.134. The van der Waals surface area contributed by atoms with Gasteiger partial charge in [-0.2, -0.15) is 5.10 Å². The first kappa shape index (κ1) is 16.9. The van der Waals surface area contributed by atoms with E-state index in [0.29, 0.717) is 5.95 Å². The molecule has 2 N–H and O–H groups in total. The van der Waals surface area contributed by atoms with Crippen molar-refractivity contribution < 1.29 is 0 Å². The Hall–Kier alpha value is -2.43. The van der Waals surface area contributed by atoms with E-state index in [2.05, 4.69) is 53.4 Å². The number of anilines is 1. The molecule has 0 bridgehead atoms. The molecule has 23 heavy (non-hydrogen) atoms. The highest BCUT2D eigenvalue weighted by atomic mass is 16.1. The fraction of sp³-hybridized carbons (Fsp3) is 0.389. The molecule has 0 fully saturated rings. The van der Waals surface area contributed by atoms with Gasteiger partial charge in [0.1, 0.15) is 0 Å². The van der Waals surface area contributed by atoms with Gasteiger partial charge in [-0.1, -0.05) is 58.9 Å². The number of nitrogens with one attached hydrogen (secondary N) is 2. The normalized spacial score (nSPS) is 12.1. The van der Waals surface area contributed by atoms with Crippen molar-refractivity contribution in [1.82, 2.24) is 9.97 Å². The zero-order valence-electron chi connectivity index (χ0n) is 14.3. The van der Waals surface area contributed by atoms with Crippen molar-refractivity contribution in [2.75, 3.05) is 5.43 Å². The lowest BCUT2D eigenvalue weighted by molar-refractivity contribution is 0.590. The number of rotatable bonds is 4. The molecule has 1 aromatic carbocycles. The highest BCUT2D eigenvalue weighted by Crippen LogP contribution is 2.21. The molecule has 0 unspecified atom stereocenters. The molecule has 0 saturated heterocycles. The molecular formula is C18H24N4O. The molecule has 1 heterocycles. The van der Waals surface area contributed by atoms with Crippen LogP contribution in [-0.4, -0.2) is 16.2 Å². The van der Waals surface area contributed by atoms with Gasteiger partial charge in [-0.3, -0.25) is 9.78 Å². The van der Waals surface area contributed by atoms with E-state index in [1.165, 1.54) is 11.6 Å². The zero-order chi connectivity index (χ0) is 17.0. The van der Waals surface area contributed by atoms with E-state index in [4.69, 9.17) is 0 Å². The second-order valence-corrected chi connectivity index (χ2v) is 6.92. The highest BCUT2D eigenvalue weighted by molar-refractivity contribution is 5.80. The number of aromatic amines is 1. The van der Waals surface area contributed by atoms with Crippen LogP contribution in [0.2, 0.25) is 0 Å². The summed E-state index contributed by atoms with van der Waals surface area (Å²) in [6, 6.07) is 9.74. The minimum atomic E-state index is -0.184. The molecule has 5 heteroatoms. The number of hydrogen-bond acceptors (Lipinski definition) is 4. The minimum Gasteiger partial charge on any atom is -0.291 e. The van der Waals surface area contributed by atoms with Crippen LogP contribution in [0, 0.1) is 0 Å². The van der Waals surface area contributed by atoms with Gasteiger partial charge < -0.3 is 0 Å². The van der Waals surface area contributed by atoms with Crippen molar-refractivity contribution in [3.63, 3.8) is 0 Å². The van der Waals surface area contributed by atoms with Crippen LogP contribution in [0.25, 0.3) is 0 Å². The topological polar surface area (TPSA) is 70.1 Å². The van der Waals surface area contributed by atoms with E-state index < -0.39 is 0 Å². The number of aromatic nitrogens is 2. The van der Waals surface area contributed by atoms with Crippen LogP contribution in [-0.2, 0) is 5.41 Å². The smallest absolute Gasteiger partial charge is 0.252 e. The monoisotopic (exact) mass is 312 g/mol. The molecule has 122 valence electrons. The largest absolute Gasteiger partial charge is 0.291 e. The molecule has 0 spiro atoms. The van der Waals surface area contributed by atoms with E-state index in [0.717, 1.165) is 11.3 Å². The van der Waals surface area contributed by atoms with Crippen molar-refractivity contribution in [1.29, 1.82) is 0 Å². The summed E-state index contributed by atoms with van der Waals surface area (Å²) in [5.74, 6) is 0.538. The molecule has 1 aromatic heterocycles. The Morgan fingerprint density at radius 1 is 1.22 bits per heavy atom. The van der Waals surface area contributed by atoms with Gasteiger partial charge in [0, 0.05) is 6.07 Å². The standard InChI is InChI=1S/C18H24N4O/c1-12(2)15-10-16(23)21-17(20-15)22-19-11-13-6-8-14(9-7-13)18(3,4)5/h6-12H,1-5H3,(H2,20,21,22,23)/b19-11-. The zero-order valence-corrected chi connectivity index (χ0v) is 14.3.